The second-order valence-corrected chi connectivity index (χ2v) is 2.78. The molecule has 2 nitrogen and oxygen atoms in total. The highest BCUT2D eigenvalue weighted by molar-refractivity contribution is 6.41. The Morgan fingerprint density at radius 3 is 2.30 bits per heavy atom. The molecule has 5 heteroatoms. The molecule has 0 bridgehead atoms. The summed E-state index contributed by atoms with van der Waals surface area (Å²) in [5, 5.41) is 4.63. The fourth-order valence-corrected chi connectivity index (χ4v) is 1.20. The molecule has 0 aliphatic rings. The van der Waals surface area contributed by atoms with Crippen molar-refractivity contribution in [3.8, 4) is 0 Å². The molecule has 0 N–H and O–H groups in total. The molecule has 0 unspecified atom stereocenters. The molecule has 0 saturated carbocycles. The number of rotatable bonds is 1. The molecule has 0 aliphatic carbocycles. The van der Waals surface area contributed by atoms with Crippen LogP contribution in [0, 0.1) is 6.92 Å². The number of hydrogen-bond acceptors (Lipinski definition) is 1. The first-order chi connectivity index (χ1) is 4.66. The van der Waals surface area contributed by atoms with Gasteiger partial charge in [-0.2, -0.15) is 5.10 Å². The summed E-state index contributed by atoms with van der Waals surface area (Å²) in [6.45, 7) is 1.81. The van der Waals surface area contributed by atoms with Crippen molar-refractivity contribution in [1.82, 2.24) is 9.78 Å². The zero-order chi connectivity index (χ0) is 7.72. The fourth-order valence-electron chi connectivity index (χ4n) is 0.604. The van der Waals surface area contributed by atoms with Crippen molar-refractivity contribution in [3.63, 3.8) is 0 Å². The van der Waals surface area contributed by atoms with Gasteiger partial charge < -0.3 is 0 Å². The number of aromatic nitrogens is 2. The van der Waals surface area contributed by atoms with Crippen LogP contribution in [-0.2, 0) is 6.00 Å². The van der Waals surface area contributed by atoms with Gasteiger partial charge in [-0.15, -0.1) is 11.6 Å². The number of alkyl halides is 1. The van der Waals surface area contributed by atoms with Gasteiger partial charge in [0.2, 0.25) is 0 Å². The van der Waals surface area contributed by atoms with Gasteiger partial charge >= 0.3 is 0 Å². The monoisotopic (exact) mass is 198 g/mol. The molecule has 0 fully saturated rings. The minimum absolute atomic E-state index is 0.276. The molecule has 0 saturated heterocycles. The Labute approximate surface area is 73.7 Å². The summed E-state index contributed by atoms with van der Waals surface area (Å²) in [6, 6.07) is 0.276. The summed E-state index contributed by atoms with van der Waals surface area (Å²) in [4.78, 5) is 0. The summed E-state index contributed by atoms with van der Waals surface area (Å²) in [5.41, 5.74) is 0.793. The molecule has 56 valence electrons. The van der Waals surface area contributed by atoms with E-state index in [0.29, 0.717) is 10.2 Å². The van der Waals surface area contributed by atoms with E-state index in [0.717, 1.165) is 5.69 Å². The molecule has 1 heterocycles. The molecule has 1 aromatic rings. The van der Waals surface area contributed by atoms with Crippen molar-refractivity contribution in [2.75, 3.05) is 0 Å². The van der Waals surface area contributed by atoms with E-state index in [1.165, 1.54) is 4.68 Å². The van der Waals surface area contributed by atoms with Crippen molar-refractivity contribution >= 4 is 34.8 Å². The second-order valence-electron chi connectivity index (χ2n) is 1.81. The summed E-state index contributed by atoms with van der Waals surface area (Å²) in [5.74, 6) is 0. The van der Waals surface area contributed by atoms with Crippen LogP contribution < -0.4 is 0 Å². The van der Waals surface area contributed by atoms with Gasteiger partial charge in [0.05, 0.1) is 5.69 Å². The largest absolute Gasteiger partial charge is 0.252 e. The van der Waals surface area contributed by atoms with Gasteiger partial charge in [-0.25, -0.2) is 0 Å². The van der Waals surface area contributed by atoms with Gasteiger partial charge in [-0.1, -0.05) is 23.2 Å². The van der Waals surface area contributed by atoms with E-state index in [-0.39, 0.29) is 6.00 Å². The molecular weight excluding hydrogens is 194 g/mol. The van der Waals surface area contributed by atoms with Gasteiger partial charge in [-0.3, -0.25) is 4.68 Å². The highest BCUT2D eigenvalue weighted by atomic mass is 35.5. The standard InChI is InChI=1S/C5H5Cl3N2/c1-3-4(7)5(8)9-10(3)2-6/h2H2,1H3. The maximum absolute atomic E-state index is 5.70. The molecule has 0 radical (unpaired) electrons. The Morgan fingerprint density at radius 2 is 2.10 bits per heavy atom. The quantitative estimate of drug-likeness (QED) is 0.636. The first-order valence-corrected chi connectivity index (χ1v) is 3.90. The van der Waals surface area contributed by atoms with Gasteiger partial charge in [-0.05, 0) is 6.92 Å². The van der Waals surface area contributed by atoms with Gasteiger partial charge in [0.25, 0.3) is 0 Å². The normalized spacial score (nSPS) is 10.4. The molecule has 0 spiro atoms. The molecule has 1 aromatic heterocycles. The fraction of sp³-hybridized carbons (Fsp3) is 0.400. The van der Waals surface area contributed by atoms with Crippen LogP contribution >= 0.6 is 34.8 Å². The number of hydrogen-bond donors (Lipinski definition) is 0. The maximum Gasteiger partial charge on any atom is 0.169 e. The zero-order valence-corrected chi connectivity index (χ0v) is 7.50. The minimum atomic E-state index is 0.276. The Hall–Kier alpha value is 0.0800. The van der Waals surface area contributed by atoms with Crippen LogP contribution in [0.25, 0.3) is 0 Å². The van der Waals surface area contributed by atoms with Crippen LogP contribution in [0.15, 0.2) is 0 Å². The zero-order valence-electron chi connectivity index (χ0n) is 5.24. The number of nitrogens with zero attached hydrogens (tertiary/aromatic N) is 2. The topological polar surface area (TPSA) is 17.8 Å². The Kier molecular flexibility index (Phi) is 2.45. The second kappa shape index (κ2) is 2.99. The lowest BCUT2D eigenvalue weighted by Crippen LogP contribution is -1.96. The summed E-state index contributed by atoms with van der Waals surface area (Å²) in [7, 11) is 0. The van der Waals surface area contributed by atoms with E-state index in [4.69, 9.17) is 34.8 Å². The Balaban J connectivity index is 3.17. The van der Waals surface area contributed by atoms with Crippen LogP contribution in [0.5, 0.6) is 0 Å². The van der Waals surface area contributed by atoms with E-state index in [9.17, 15) is 0 Å². The van der Waals surface area contributed by atoms with Crippen molar-refractivity contribution in [2.45, 2.75) is 12.9 Å². The van der Waals surface area contributed by atoms with E-state index >= 15 is 0 Å². The van der Waals surface area contributed by atoms with Gasteiger partial charge in [0.1, 0.15) is 11.0 Å². The molecular formula is C5H5Cl3N2. The van der Waals surface area contributed by atoms with E-state index < -0.39 is 0 Å². The average Bonchev–Trinajstić information content (AvgIpc) is 2.17. The van der Waals surface area contributed by atoms with Crippen molar-refractivity contribution in [1.29, 1.82) is 0 Å². The summed E-state index contributed by atoms with van der Waals surface area (Å²) < 4.78 is 1.53. The van der Waals surface area contributed by atoms with Crippen LogP contribution in [-0.4, -0.2) is 9.78 Å². The van der Waals surface area contributed by atoms with E-state index in [2.05, 4.69) is 5.10 Å². The lowest BCUT2D eigenvalue weighted by atomic mass is 10.5. The van der Waals surface area contributed by atoms with Crippen LogP contribution in [0.4, 0.5) is 0 Å². The Morgan fingerprint density at radius 1 is 1.50 bits per heavy atom. The molecule has 1 rings (SSSR count). The lowest BCUT2D eigenvalue weighted by molar-refractivity contribution is 0.718. The molecule has 10 heavy (non-hydrogen) atoms. The summed E-state index contributed by atoms with van der Waals surface area (Å²) in [6.07, 6.45) is 0. The minimum Gasteiger partial charge on any atom is -0.252 e. The van der Waals surface area contributed by atoms with E-state index in [1.807, 2.05) is 6.92 Å². The summed E-state index contributed by atoms with van der Waals surface area (Å²) >= 11 is 16.8. The van der Waals surface area contributed by atoms with Gasteiger partial charge in [0, 0.05) is 0 Å². The lowest BCUT2D eigenvalue weighted by Gasteiger charge is -1.94. The molecule has 0 atom stereocenters. The highest BCUT2D eigenvalue weighted by Gasteiger charge is 2.08. The predicted molar refractivity (Wildman–Crippen MR) is 42.8 cm³/mol. The highest BCUT2D eigenvalue weighted by Crippen LogP contribution is 2.24. The van der Waals surface area contributed by atoms with Gasteiger partial charge in [0.15, 0.2) is 5.15 Å². The smallest absolute Gasteiger partial charge is 0.169 e. The van der Waals surface area contributed by atoms with E-state index in [1.54, 1.807) is 0 Å². The molecule has 0 aromatic carbocycles. The van der Waals surface area contributed by atoms with Crippen molar-refractivity contribution in [2.24, 2.45) is 0 Å². The third kappa shape index (κ3) is 1.24. The van der Waals surface area contributed by atoms with Crippen molar-refractivity contribution in [3.05, 3.63) is 15.9 Å². The third-order valence-electron chi connectivity index (χ3n) is 1.21. The third-order valence-corrected chi connectivity index (χ3v) is 2.25. The first-order valence-electron chi connectivity index (χ1n) is 2.61. The average molecular weight is 199 g/mol. The maximum atomic E-state index is 5.70. The molecule has 0 amide bonds. The predicted octanol–water partition coefficient (Wildman–Crippen LogP) is 2.69. The Bertz CT molecular complexity index is 243. The van der Waals surface area contributed by atoms with Crippen LogP contribution in [0.1, 0.15) is 5.69 Å². The first kappa shape index (κ1) is 8.18. The van der Waals surface area contributed by atoms with Crippen LogP contribution in [0.2, 0.25) is 10.2 Å². The SMILES string of the molecule is Cc1c(Cl)c(Cl)nn1CCl. The number of halogens is 3. The van der Waals surface area contributed by atoms with Crippen LogP contribution in [0.3, 0.4) is 0 Å². The van der Waals surface area contributed by atoms with Crippen molar-refractivity contribution < 1.29 is 0 Å². The molecule has 0 aliphatic heterocycles.